The number of carbonyl (C=O) groups excluding carboxylic acids is 2. The summed E-state index contributed by atoms with van der Waals surface area (Å²) in [6.07, 6.45) is 1.77. The third kappa shape index (κ3) is 5.50. The Morgan fingerprint density at radius 3 is 2.39 bits per heavy atom. The average molecular weight is 476 g/mol. The first-order valence-corrected chi connectivity index (χ1v) is 11.6. The molecule has 0 aromatic heterocycles. The molecule has 1 aliphatic heterocycles. The fourth-order valence-electron chi connectivity index (χ4n) is 3.25. The van der Waals surface area contributed by atoms with Crippen LogP contribution in [0.5, 0.6) is 11.5 Å². The minimum absolute atomic E-state index is 0.133. The van der Waals surface area contributed by atoms with Gasteiger partial charge >= 0.3 is 5.97 Å². The molecule has 0 N–H and O–H groups in total. The number of amides is 1. The molecule has 3 aromatic rings. The van der Waals surface area contributed by atoms with Gasteiger partial charge in [0, 0.05) is 0 Å². The highest BCUT2D eigenvalue weighted by molar-refractivity contribution is 8.26. The number of ether oxygens (including phenoxy) is 2. The second-order valence-corrected chi connectivity index (χ2v) is 8.82. The number of thiocarbonyl (C=S) groups is 1. The van der Waals surface area contributed by atoms with Crippen LogP contribution in [0.3, 0.4) is 0 Å². The van der Waals surface area contributed by atoms with Gasteiger partial charge in [-0.05, 0) is 48.4 Å². The first kappa shape index (κ1) is 22.8. The van der Waals surface area contributed by atoms with E-state index in [1.807, 2.05) is 43.3 Å². The SMILES string of the molecule is CCOc1cc(/C=C2\SC(=S)N(Cc3ccccc3)C2=O)ccc1OC(=O)c1ccccc1. The second kappa shape index (κ2) is 10.5. The van der Waals surface area contributed by atoms with Crippen molar-refractivity contribution in [1.82, 2.24) is 4.90 Å². The molecule has 1 amide bonds. The predicted molar refractivity (Wildman–Crippen MR) is 134 cm³/mol. The van der Waals surface area contributed by atoms with Crippen LogP contribution in [-0.4, -0.2) is 27.7 Å². The van der Waals surface area contributed by atoms with Crippen LogP contribution >= 0.6 is 24.0 Å². The van der Waals surface area contributed by atoms with Gasteiger partial charge in [0.05, 0.1) is 23.6 Å². The summed E-state index contributed by atoms with van der Waals surface area (Å²) in [5.41, 5.74) is 2.21. The van der Waals surface area contributed by atoms with Gasteiger partial charge in [-0.15, -0.1) is 0 Å². The Balaban J connectivity index is 1.54. The molecule has 1 heterocycles. The lowest BCUT2D eigenvalue weighted by atomic mass is 10.1. The number of hydrogen-bond acceptors (Lipinski definition) is 6. The molecule has 0 unspecified atom stereocenters. The predicted octanol–water partition coefficient (Wildman–Crippen LogP) is 5.71. The van der Waals surface area contributed by atoms with E-state index in [2.05, 4.69) is 0 Å². The molecule has 1 fully saturated rings. The summed E-state index contributed by atoms with van der Waals surface area (Å²) in [7, 11) is 0. The maximum Gasteiger partial charge on any atom is 0.343 e. The quantitative estimate of drug-likeness (QED) is 0.189. The third-order valence-electron chi connectivity index (χ3n) is 4.83. The van der Waals surface area contributed by atoms with Crippen LogP contribution in [0.15, 0.2) is 83.8 Å². The molecule has 166 valence electrons. The second-order valence-electron chi connectivity index (χ2n) is 7.15. The number of thioether (sulfide) groups is 1. The molecule has 1 saturated heterocycles. The highest BCUT2D eigenvalue weighted by Gasteiger charge is 2.32. The van der Waals surface area contributed by atoms with Crippen molar-refractivity contribution in [2.24, 2.45) is 0 Å². The van der Waals surface area contributed by atoms with Gasteiger partial charge < -0.3 is 9.47 Å². The molecule has 0 saturated carbocycles. The molecule has 4 rings (SSSR count). The van der Waals surface area contributed by atoms with Gasteiger partial charge in [-0.25, -0.2) is 4.79 Å². The molecule has 0 bridgehead atoms. The average Bonchev–Trinajstić information content (AvgIpc) is 3.09. The van der Waals surface area contributed by atoms with Crippen molar-refractivity contribution in [3.8, 4) is 11.5 Å². The van der Waals surface area contributed by atoms with Gasteiger partial charge in [0.25, 0.3) is 5.91 Å². The Bertz CT molecular complexity index is 1210. The summed E-state index contributed by atoms with van der Waals surface area (Å²) < 4.78 is 11.8. The minimum atomic E-state index is -0.467. The van der Waals surface area contributed by atoms with Crippen molar-refractivity contribution in [2.45, 2.75) is 13.5 Å². The molecule has 0 spiro atoms. The van der Waals surface area contributed by atoms with E-state index in [0.717, 1.165) is 11.1 Å². The molecule has 5 nitrogen and oxygen atoms in total. The molecular weight excluding hydrogens is 454 g/mol. The first-order chi connectivity index (χ1) is 16.0. The van der Waals surface area contributed by atoms with Crippen molar-refractivity contribution < 1.29 is 19.1 Å². The van der Waals surface area contributed by atoms with Gasteiger partial charge in [0.1, 0.15) is 4.32 Å². The maximum atomic E-state index is 13.0. The Morgan fingerprint density at radius 2 is 1.70 bits per heavy atom. The summed E-state index contributed by atoms with van der Waals surface area (Å²) in [5, 5.41) is 0. The van der Waals surface area contributed by atoms with E-state index in [4.69, 9.17) is 21.7 Å². The largest absolute Gasteiger partial charge is 0.490 e. The molecule has 1 aliphatic rings. The highest BCUT2D eigenvalue weighted by Crippen LogP contribution is 2.35. The summed E-state index contributed by atoms with van der Waals surface area (Å²) in [6.45, 7) is 2.68. The summed E-state index contributed by atoms with van der Waals surface area (Å²) in [5.74, 6) is 0.146. The van der Waals surface area contributed by atoms with Gasteiger partial charge in [-0.1, -0.05) is 78.6 Å². The fourth-order valence-corrected chi connectivity index (χ4v) is 4.51. The number of hydrogen-bond donors (Lipinski definition) is 0. The zero-order valence-corrected chi connectivity index (χ0v) is 19.5. The van der Waals surface area contributed by atoms with Crippen LogP contribution < -0.4 is 9.47 Å². The van der Waals surface area contributed by atoms with E-state index in [0.29, 0.717) is 39.4 Å². The summed E-state index contributed by atoms with van der Waals surface area (Å²) in [4.78, 5) is 27.5. The van der Waals surface area contributed by atoms with Crippen LogP contribution in [0, 0.1) is 0 Å². The number of carbonyl (C=O) groups is 2. The zero-order valence-electron chi connectivity index (χ0n) is 17.9. The fraction of sp³-hybridized carbons (Fsp3) is 0.115. The normalized spacial score (nSPS) is 14.6. The maximum absolute atomic E-state index is 13.0. The summed E-state index contributed by atoms with van der Waals surface area (Å²) in [6, 6.07) is 23.7. The molecule has 0 aliphatic carbocycles. The molecule has 33 heavy (non-hydrogen) atoms. The zero-order chi connectivity index (χ0) is 23.2. The number of esters is 1. The van der Waals surface area contributed by atoms with E-state index in [-0.39, 0.29) is 5.91 Å². The minimum Gasteiger partial charge on any atom is -0.490 e. The van der Waals surface area contributed by atoms with E-state index < -0.39 is 5.97 Å². The molecule has 0 atom stereocenters. The van der Waals surface area contributed by atoms with Crippen LogP contribution in [0.25, 0.3) is 6.08 Å². The van der Waals surface area contributed by atoms with Crippen molar-refractivity contribution in [3.63, 3.8) is 0 Å². The number of nitrogens with zero attached hydrogens (tertiary/aromatic N) is 1. The van der Waals surface area contributed by atoms with Gasteiger partial charge in [0.15, 0.2) is 11.5 Å². The molecule has 0 radical (unpaired) electrons. The van der Waals surface area contributed by atoms with Gasteiger partial charge in [-0.3, -0.25) is 9.69 Å². The lowest BCUT2D eigenvalue weighted by Crippen LogP contribution is -2.27. The van der Waals surface area contributed by atoms with Crippen LogP contribution in [-0.2, 0) is 11.3 Å². The smallest absolute Gasteiger partial charge is 0.343 e. The van der Waals surface area contributed by atoms with E-state index in [1.165, 1.54) is 11.8 Å². The first-order valence-electron chi connectivity index (χ1n) is 10.4. The van der Waals surface area contributed by atoms with Crippen molar-refractivity contribution in [2.75, 3.05) is 6.61 Å². The number of rotatable bonds is 7. The molecule has 7 heteroatoms. The van der Waals surface area contributed by atoms with E-state index in [1.54, 1.807) is 53.4 Å². The van der Waals surface area contributed by atoms with Gasteiger partial charge in [0.2, 0.25) is 0 Å². The van der Waals surface area contributed by atoms with Crippen molar-refractivity contribution in [3.05, 3.63) is 100 Å². The Morgan fingerprint density at radius 1 is 1.00 bits per heavy atom. The Labute approximate surface area is 202 Å². The van der Waals surface area contributed by atoms with E-state index >= 15 is 0 Å². The number of benzene rings is 3. The van der Waals surface area contributed by atoms with Crippen LogP contribution in [0.1, 0.15) is 28.4 Å². The lowest BCUT2D eigenvalue weighted by Gasteiger charge is -2.14. The highest BCUT2D eigenvalue weighted by atomic mass is 32.2. The standard InChI is InChI=1S/C26H21NO4S2/c1-2-30-22-15-19(13-14-21(22)31-25(29)20-11-7-4-8-12-20)16-23-24(28)27(26(32)33-23)17-18-9-5-3-6-10-18/h3-16H,2,17H2,1H3/b23-16-. The van der Waals surface area contributed by atoms with Crippen molar-refractivity contribution >= 4 is 46.3 Å². The monoisotopic (exact) mass is 475 g/mol. The van der Waals surface area contributed by atoms with E-state index in [9.17, 15) is 9.59 Å². The van der Waals surface area contributed by atoms with Crippen LogP contribution in [0.4, 0.5) is 0 Å². The van der Waals surface area contributed by atoms with Gasteiger partial charge in [-0.2, -0.15) is 0 Å². The van der Waals surface area contributed by atoms with Crippen LogP contribution in [0.2, 0.25) is 0 Å². The Kier molecular flexibility index (Phi) is 7.22. The topological polar surface area (TPSA) is 55.8 Å². The lowest BCUT2D eigenvalue weighted by molar-refractivity contribution is -0.122. The molecular formula is C26H21NO4S2. The van der Waals surface area contributed by atoms with Crippen molar-refractivity contribution in [1.29, 1.82) is 0 Å². The summed E-state index contributed by atoms with van der Waals surface area (Å²) >= 11 is 6.71. The third-order valence-corrected chi connectivity index (χ3v) is 6.21. The Hall–Kier alpha value is -3.42. The molecule has 3 aromatic carbocycles.